The Bertz CT molecular complexity index is 1920. The summed E-state index contributed by atoms with van der Waals surface area (Å²) < 4.78 is 35.8. The highest BCUT2D eigenvalue weighted by Crippen LogP contribution is 2.40. The first-order valence-electron chi connectivity index (χ1n) is 16.9. The Morgan fingerprint density at radius 1 is 0.448 bits per heavy atom. The van der Waals surface area contributed by atoms with Crippen molar-refractivity contribution in [1.82, 2.24) is 0 Å². The van der Waals surface area contributed by atoms with E-state index in [1.807, 2.05) is 20.8 Å². The molecule has 0 heterocycles. The Morgan fingerprint density at radius 3 is 1.17 bits per heavy atom. The minimum Gasteiger partial charge on any atom is -0.508 e. The molecule has 0 unspecified atom stereocenters. The van der Waals surface area contributed by atoms with E-state index >= 15 is 0 Å². The number of carboxylic acid groups (broad SMARTS) is 4. The Morgan fingerprint density at radius 2 is 0.828 bits per heavy atom. The zero-order chi connectivity index (χ0) is 43.9. The quantitative estimate of drug-likeness (QED) is 0.0534. The minimum atomic E-state index is -1.18. The monoisotopic (exact) mass is 816 g/mol. The molecule has 0 radical (unpaired) electrons. The number of benzene rings is 4. The third kappa shape index (κ3) is 16.0. The van der Waals surface area contributed by atoms with E-state index in [1.165, 1.54) is 62.8 Å². The average molecular weight is 817 g/mol. The van der Waals surface area contributed by atoms with Crippen LogP contribution in [0.4, 0.5) is 4.79 Å². The molecule has 0 aliphatic rings. The zero-order valence-corrected chi connectivity index (χ0v) is 32.2. The predicted molar refractivity (Wildman–Crippen MR) is 203 cm³/mol. The number of ether oxygens (including phenoxy) is 7. The van der Waals surface area contributed by atoms with Gasteiger partial charge in [0.15, 0.2) is 23.0 Å². The number of carbonyl (C=O) groups is 5. The summed E-state index contributed by atoms with van der Waals surface area (Å²) in [7, 11) is 2.64. The molecule has 0 aromatic heterocycles. The highest BCUT2D eigenvalue weighted by Gasteiger charge is 2.21. The van der Waals surface area contributed by atoms with Crippen LogP contribution in [0.1, 0.15) is 69.1 Å². The molecule has 4 aromatic carbocycles. The lowest BCUT2D eigenvalue weighted by molar-refractivity contribution is 0.0685. The minimum absolute atomic E-state index is 0.0338. The molecule has 0 amide bonds. The molecule has 0 bridgehead atoms. The van der Waals surface area contributed by atoms with Crippen molar-refractivity contribution in [2.24, 2.45) is 0 Å². The summed E-state index contributed by atoms with van der Waals surface area (Å²) in [5.41, 5.74) is 0.107. The average Bonchev–Trinajstić information content (AvgIpc) is 3.16. The molecular weight excluding hydrogens is 772 g/mol. The Balaban J connectivity index is 0.000000400. The molecule has 314 valence electrons. The number of rotatable bonds is 14. The molecule has 58 heavy (non-hydrogen) atoms. The summed E-state index contributed by atoms with van der Waals surface area (Å²) in [6, 6.07) is 13.9. The van der Waals surface area contributed by atoms with E-state index in [1.54, 1.807) is 6.92 Å². The van der Waals surface area contributed by atoms with Crippen LogP contribution in [0.25, 0.3) is 0 Å². The van der Waals surface area contributed by atoms with Crippen LogP contribution in [-0.4, -0.2) is 106 Å². The van der Waals surface area contributed by atoms with E-state index in [4.69, 9.17) is 64.2 Å². The van der Waals surface area contributed by atoms with Gasteiger partial charge >= 0.3 is 30.0 Å². The van der Waals surface area contributed by atoms with Gasteiger partial charge in [-0.05, 0) is 88.4 Å². The van der Waals surface area contributed by atoms with Gasteiger partial charge in [-0.1, -0.05) is 0 Å². The molecule has 0 aliphatic heterocycles. The van der Waals surface area contributed by atoms with Crippen molar-refractivity contribution in [3.05, 3.63) is 89.0 Å². The van der Waals surface area contributed by atoms with Crippen LogP contribution in [0.5, 0.6) is 51.7 Å². The predicted octanol–water partition coefficient (Wildman–Crippen LogP) is 6.40. The van der Waals surface area contributed by atoms with Gasteiger partial charge in [0.2, 0.25) is 11.5 Å². The van der Waals surface area contributed by atoms with Crippen LogP contribution >= 0.6 is 0 Å². The normalized spacial score (nSPS) is 9.62. The lowest BCUT2D eigenvalue weighted by Crippen LogP contribution is -2.12. The molecule has 0 fully saturated rings. The van der Waals surface area contributed by atoms with E-state index in [9.17, 15) is 24.0 Å². The maximum absolute atomic E-state index is 11.3. The van der Waals surface area contributed by atoms with Crippen LogP contribution in [-0.2, 0) is 4.74 Å². The standard InChI is InChI=1S/C13H18O5.C12H14O7.C7H6O4.C7H6O3/c1-4-16-10-7-9(13(14)15)8-11(17-5-2)12(10)18-6-3;1-4-18-12(15)19-10-8(16-2)5-7(11(13)14)6-9(10)17-3;8-5-1-4(7(10)11)2-6(9)3-5;8-6-3-1-5(2-4-6)7(9)10/h7-8H,4-6H2,1-3H3,(H,14,15);5-6H,4H2,1-3H3,(H,13,14);1-3,8-9H,(H,10,11);1-4,8H,(H,9,10). The molecule has 4 rings (SSSR count). The first-order chi connectivity index (χ1) is 27.5. The lowest BCUT2D eigenvalue weighted by atomic mass is 10.2. The fraction of sp³-hybridized carbons (Fsp3) is 0.256. The van der Waals surface area contributed by atoms with E-state index in [2.05, 4.69) is 4.74 Å². The van der Waals surface area contributed by atoms with Crippen molar-refractivity contribution in [1.29, 1.82) is 0 Å². The third-order valence-corrected chi connectivity index (χ3v) is 6.57. The highest BCUT2D eigenvalue weighted by atomic mass is 16.7. The van der Waals surface area contributed by atoms with Crippen LogP contribution in [0, 0.1) is 0 Å². The largest absolute Gasteiger partial charge is 0.514 e. The van der Waals surface area contributed by atoms with Crippen molar-refractivity contribution in [2.75, 3.05) is 40.6 Å². The maximum Gasteiger partial charge on any atom is 0.514 e. The molecule has 0 aliphatic carbocycles. The number of hydrogen-bond donors (Lipinski definition) is 7. The first-order valence-corrected chi connectivity index (χ1v) is 16.9. The number of phenolic OH excluding ortho intramolecular Hbond substituents is 3. The molecular formula is C39H44O19. The smallest absolute Gasteiger partial charge is 0.508 e. The summed E-state index contributed by atoms with van der Waals surface area (Å²) >= 11 is 0. The van der Waals surface area contributed by atoms with Crippen molar-refractivity contribution >= 4 is 30.0 Å². The number of aromatic hydroxyl groups is 3. The molecule has 7 N–H and O–H groups in total. The van der Waals surface area contributed by atoms with Gasteiger partial charge in [0.05, 0.1) is 62.9 Å². The second-order valence-electron chi connectivity index (χ2n) is 10.6. The Labute approximate surface area is 331 Å². The molecule has 0 saturated heterocycles. The zero-order valence-electron chi connectivity index (χ0n) is 32.2. The lowest BCUT2D eigenvalue weighted by Gasteiger charge is -2.16. The molecule has 0 spiro atoms. The summed E-state index contributed by atoms with van der Waals surface area (Å²) in [4.78, 5) is 53.8. The van der Waals surface area contributed by atoms with Crippen LogP contribution < -0.4 is 28.4 Å². The fourth-order valence-corrected chi connectivity index (χ4v) is 4.17. The van der Waals surface area contributed by atoms with Gasteiger partial charge in [-0.25, -0.2) is 24.0 Å². The van der Waals surface area contributed by atoms with Crippen LogP contribution in [0.2, 0.25) is 0 Å². The molecule has 0 atom stereocenters. The Hall–Kier alpha value is -7.57. The first kappa shape index (κ1) is 48.4. The number of phenols is 3. The number of methoxy groups -OCH3 is 2. The number of carbonyl (C=O) groups excluding carboxylic acids is 1. The third-order valence-electron chi connectivity index (χ3n) is 6.57. The van der Waals surface area contributed by atoms with Gasteiger partial charge in [-0.3, -0.25) is 0 Å². The topological polar surface area (TPSA) is 292 Å². The molecule has 19 heteroatoms. The van der Waals surface area contributed by atoms with Gasteiger partial charge in [0, 0.05) is 6.07 Å². The second-order valence-corrected chi connectivity index (χ2v) is 10.6. The summed E-state index contributed by atoms with van der Waals surface area (Å²) in [5, 5.41) is 61.2. The second kappa shape index (κ2) is 24.8. The van der Waals surface area contributed by atoms with E-state index < -0.39 is 30.0 Å². The summed E-state index contributed by atoms with van der Waals surface area (Å²) in [6.45, 7) is 8.57. The molecule has 4 aromatic rings. The molecule has 19 nitrogen and oxygen atoms in total. The number of hydrogen-bond acceptors (Lipinski definition) is 15. The van der Waals surface area contributed by atoms with E-state index in [0.717, 1.165) is 18.2 Å². The number of aromatic carboxylic acids is 4. The SMILES string of the molecule is CCOC(=O)Oc1c(OC)cc(C(=O)O)cc1OC.CCOc1cc(C(=O)O)cc(OCC)c1OCC.O=C(O)c1cc(O)cc(O)c1.O=C(O)c1ccc(O)cc1. The summed E-state index contributed by atoms with van der Waals surface area (Å²) in [6.07, 6.45) is -0.929. The summed E-state index contributed by atoms with van der Waals surface area (Å²) in [5.74, 6) is -3.48. The van der Waals surface area contributed by atoms with Gasteiger partial charge in [0.1, 0.15) is 17.2 Å². The van der Waals surface area contributed by atoms with Crippen LogP contribution in [0.15, 0.2) is 66.7 Å². The Kier molecular flexibility index (Phi) is 20.7. The van der Waals surface area contributed by atoms with Crippen molar-refractivity contribution < 1.29 is 92.9 Å². The fourth-order valence-electron chi connectivity index (χ4n) is 4.17. The van der Waals surface area contributed by atoms with Crippen molar-refractivity contribution in [2.45, 2.75) is 27.7 Å². The van der Waals surface area contributed by atoms with Gasteiger partial charge in [0.25, 0.3) is 0 Å². The highest BCUT2D eigenvalue weighted by molar-refractivity contribution is 5.91. The van der Waals surface area contributed by atoms with Gasteiger partial charge in [-0.15, -0.1) is 0 Å². The molecule has 0 saturated carbocycles. The van der Waals surface area contributed by atoms with Gasteiger partial charge in [-0.2, -0.15) is 0 Å². The van der Waals surface area contributed by atoms with E-state index in [0.29, 0.717) is 37.1 Å². The van der Waals surface area contributed by atoms with Gasteiger partial charge < -0.3 is 68.9 Å². The van der Waals surface area contributed by atoms with Crippen molar-refractivity contribution in [3.8, 4) is 51.7 Å². The van der Waals surface area contributed by atoms with Crippen LogP contribution in [0.3, 0.4) is 0 Å². The van der Waals surface area contributed by atoms with Crippen molar-refractivity contribution in [3.63, 3.8) is 0 Å². The van der Waals surface area contributed by atoms with E-state index in [-0.39, 0.29) is 63.4 Å². The maximum atomic E-state index is 11.3. The number of carboxylic acids is 4.